The number of hydrogen-bond donors (Lipinski definition) is 0. The maximum Gasteiger partial charge on any atom is 0.274 e. The van der Waals surface area contributed by atoms with Crippen LogP contribution in [-0.4, -0.2) is 59.5 Å². The molecule has 3 aliphatic rings. The highest BCUT2D eigenvalue weighted by atomic mass is 32.2. The zero-order valence-corrected chi connectivity index (χ0v) is 20.0. The molecule has 7 nitrogen and oxygen atoms in total. The zero-order chi connectivity index (χ0) is 22.7. The van der Waals surface area contributed by atoms with Gasteiger partial charge in [0, 0.05) is 37.8 Å². The number of fused-ring (bicyclic) bond motifs is 1. The molecule has 2 fully saturated rings. The molecule has 0 atom stereocenters. The smallest absolute Gasteiger partial charge is 0.274 e. The van der Waals surface area contributed by atoms with Crippen molar-refractivity contribution in [3.05, 3.63) is 46.8 Å². The van der Waals surface area contributed by atoms with Crippen molar-refractivity contribution in [2.24, 2.45) is 0 Å². The highest BCUT2D eigenvalue weighted by molar-refractivity contribution is 7.89. The van der Waals surface area contributed by atoms with Crippen LogP contribution < -0.4 is 0 Å². The lowest BCUT2D eigenvalue weighted by Gasteiger charge is -2.33. The van der Waals surface area contributed by atoms with Crippen LogP contribution >= 0.6 is 0 Å². The molecule has 172 valence electrons. The monoisotopic (exact) mass is 456 g/mol. The van der Waals surface area contributed by atoms with Gasteiger partial charge in [0.2, 0.25) is 10.0 Å². The van der Waals surface area contributed by atoms with Crippen molar-refractivity contribution < 1.29 is 13.2 Å². The predicted octanol–water partition coefficient (Wildman–Crippen LogP) is 3.15. The van der Waals surface area contributed by atoms with Crippen molar-refractivity contribution >= 4 is 15.9 Å². The van der Waals surface area contributed by atoms with Crippen LogP contribution in [-0.2, 0) is 28.4 Å². The van der Waals surface area contributed by atoms with Crippen molar-refractivity contribution in [3.8, 4) is 0 Å². The van der Waals surface area contributed by atoms with Crippen LogP contribution in [0, 0.1) is 0 Å². The van der Waals surface area contributed by atoms with Gasteiger partial charge in [-0.2, -0.15) is 9.40 Å². The van der Waals surface area contributed by atoms with Gasteiger partial charge in [-0.25, -0.2) is 8.42 Å². The number of benzene rings is 1. The van der Waals surface area contributed by atoms with E-state index in [1.54, 1.807) is 11.0 Å². The van der Waals surface area contributed by atoms with Crippen LogP contribution in [0.1, 0.15) is 73.3 Å². The topological polar surface area (TPSA) is 75.5 Å². The largest absolute Gasteiger partial charge is 0.335 e. The van der Waals surface area contributed by atoms with Crippen molar-refractivity contribution in [1.29, 1.82) is 0 Å². The fourth-order valence-electron chi connectivity index (χ4n) is 4.86. The first-order valence-corrected chi connectivity index (χ1v) is 13.1. The molecular weight excluding hydrogens is 424 g/mol. The van der Waals surface area contributed by atoms with Gasteiger partial charge in [0.15, 0.2) is 5.69 Å². The number of carbonyl (C=O) groups is 1. The van der Waals surface area contributed by atoms with E-state index in [1.807, 2.05) is 22.9 Å². The Morgan fingerprint density at radius 2 is 1.69 bits per heavy atom. The third kappa shape index (κ3) is 3.88. The first-order chi connectivity index (χ1) is 15.1. The number of amides is 1. The predicted molar refractivity (Wildman–Crippen MR) is 122 cm³/mol. The van der Waals surface area contributed by atoms with Gasteiger partial charge < -0.3 is 4.90 Å². The summed E-state index contributed by atoms with van der Waals surface area (Å²) in [5.41, 5.74) is 3.84. The molecule has 32 heavy (non-hydrogen) atoms. The zero-order valence-electron chi connectivity index (χ0n) is 19.2. The van der Waals surface area contributed by atoms with E-state index in [2.05, 4.69) is 25.9 Å². The molecule has 2 heterocycles. The normalized spacial score (nSPS) is 19.9. The quantitative estimate of drug-likeness (QED) is 0.708. The molecule has 1 saturated heterocycles. The molecule has 0 bridgehead atoms. The van der Waals surface area contributed by atoms with E-state index >= 15 is 0 Å². The number of carbonyl (C=O) groups excluding carboxylic acids is 1. The average molecular weight is 457 g/mol. The van der Waals surface area contributed by atoms with Crippen LogP contribution in [0.3, 0.4) is 0 Å². The Kier molecular flexibility index (Phi) is 5.21. The second-order valence-electron chi connectivity index (χ2n) is 10.3. The Bertz CT molecular complexity index is 1150. The van der Waals surface area contributed by atoms with Crippen molar-refractivity contribution in [3.63, 3.8) is 0 Å². The van der Waals surface area contributed by atoms with Crippen LogP contribution in [0.5, 0.6) is 0 Å². The summed E-state index contributed by atoms with van der Waals surface area (Å²) in [6, 6.07) is 7.47. The minimum Gasteiger partial charge on any atom is -0.335 e. The van der Waals surface area contributed by atoms with Gasteiger partial charge in [0.1, 0.15) is 0 Å². The number of rotatable bonds is 4. The summed E-state index contributed by atoms with van der Waals surface area (Å²) in [5, 5.41) is 4.66. The Balaban J connectivity index is 1.29. The van der Waals surface area contributed by atoms with Gasteiger partial charge in [-0.3, -0.25) is 9.48 Å². The molecule has 1 aromatic carbocycles. The maximum absolute atomic E-state index is 13.2. The summed E-state index contributed by atoms with van der Waals surface area (Å²) in [6.07, 6.45) is 5.37. The number of hydrogen-bond acceptors (Lipinski definition) is 4. The summed E-state index contributed by atoms with van der Waals surface area (Å²) in [7, 11) is -3.55. The summed E-state index contributed by atoms with van der Waals surface area (Å²) >= 11 is 0. The van der Waals surface area contributed by atoms with Gasteiger partial charge in [-0.1, -0.05) is 6.07 Å². The SMILES string of the molecule is CC(C)(C)n1nc(C(=O)N2CCN(S(=O)(=O)c3ccc4c(c3)CCC4)CC2)cc1C1CC1. The second-order valence-corrected chi connectivity index (χ2v) is 12.2. The fourth-order valence-corrected chi connectivity index (χ4v) is 6.33. The van der Waals surface area contributed by atoms with E-state index in [-0.39, 0.29) is 11.4 Å². The molecule has 2 aromatic rings. The summed E-state index contributed by atoms with van der Waals surface area (Å²) in [6.45, 7) is 7.67. The maximum atomic E-state index is 13.2. The molecule has 1 aromatic heterocycles. The van der Waals surface area contributed by atoms with Gasteiger partial charge in [-0.05, 0) is 82.2 Å². The number of sulfonamides is 1. The first-order valence-electron chi connectivity index (χ1n) is 11.7. The van der Waals surface area contributed by atoms with Gasteiger partial charge in [-0.15, -0.1) is 0 Å². The Labute approximate surface area is 190 Å². The summed E-state index contributed by atoms with van der Waals surface area (Å²) in [5.74, 6) is 0.391. The molecular formula is C24H32N4O3S. The first kappa shape index (κ1) is 21.6. The van der Waals surface area contributed by atoms with Crippen molar-refractivity contribution in [2.75, 3.05) is 26.2 Å². The van der Waals surface area contributed by atoms with E-state index in [0.29, 0.717) is 42.7 Å². The molecule has 1 amide bonds. The van der Waals surface area contributed by atoms with Crippen LogP contribution in [0.4, 0.5) is 0 Å². The molecule has 8 heteroatoms. The minimum absolute atomic E-state index is 0.107. The van der Waals surface area contributed by atoms with E-state index in [1.165, 1.54) is 9.87 Å². The Morgan fingerprint density at radius 1 is 1.00 bits per heavy atom. The highest BCUT2D eigenvalue weighted by Gasteiger charge is 2.35. The van der Waals surface area contributed by atoms with Gasteiger partial charge in [0.25, 0.3) is 5.91 Å². The third-order valence-corrected chi connectivity index (χ3v) is 8.72. The lowest BCUT2D eigenvalue weighted by atomic mass is 10.1. The molecule has 2 aliphatic carbocycles. The van der Waals surface area contributed by atoms with Crippen molar-refractivity contribution in [1.82, 2.24) is 19.0 Å². The Hall–Kier alpha value is -2.19. The van der Waals surface area contributed by atoms with E-state index < -0.39 is 10.0 Å². The van der Waals surface area contributed by atoms with Crippen LogP contribution in [0.25, 0.3) is 0 Å². The molecule has 0 unspecified atom stereocenters. The lowest BCUT2D eigenvalue weighted by Crippen LogP contribution is -2.50. The van der Waals surface area contributed by atoms with E-state index in [4.69, 9.17) is 0 Å². The molecule has 0 spiro atoms. The average Bonchev–Trinajstić information content (AvgIpc) is 3.32. The molecule has 1 saturated carbocycles. The van der Waals surface area contributed by atoms with Crippen LogP contribution in [0.15, 0.2) is 29.2 Å². The van der Waals surface area contributed by atoms with E-state index in [9.17, 15) is 13.2 Å². The lowest BCUT2D eigenvalue weighted by molar-refractivity contribution is 0.0690. The third-order valence-electron chi connectivity index (χ3n) is 6.82. The summed E-state index contributed by atoms with van der Waals surface area (Å²) in [4.78, 5) is 15.3. The Morgan fingerprint density at radius 3 is 2.34 bits per heavy atom. The molecule has 5 rings (SSSR count). The number of aryl methyl sites for hydroxylation is 2. The second kappa shape index (κ2) is 7.70. The van der Waals surface area contributed by atoms with Gasteiger partial charge in [0.05, 0.1) is 10.4 Å². The standard InChI is InChI=1S/C24H32N4O3S/c1-24(2,3)28-22(18-7-8-18)16-21(25-28)23(29)26-11-13-27(14-12-26)32(30,31)20-10-9-17-5-4-6-19(17)15-20/h9-10,15-16,18H,4-8,11-14H2,1-3H3. The van der Waals surface area contributed by atoms with Crippen molar-refractivity contribution in [2.45, 2.75) is 69.2 Å². The molecule has 1 aliphatic heterocycles. The number of piperazine rings is 1. The van der Waals surface area contributed by atoms with Crippen LogP contribution in [0.2, 0.25) is 0 Å². The number of nitrogens with zero attached hydrogens (tertiary/aromatic N) is 4. The summed E-state index contributed by atoms with van der Waals surface area (Å²) < 4.78 is 29.9. The molecule has 0 radical (unpaired) electrons. The molecule has 0 N–H and O–H groups in total. The minimum atomic E-state index is -3.55. The number of aromatic nitrogens is 2. The fraction of sp³-hybridized carbons (Fsp3) is 0.583. The van der Waals surface area contributed by atoms with Gasteiger partial charge >= 0.3 is 0 Å². The highest BCUT2D eigenvalue weighted by Crippen LogP contribution is 2.42. The van der Waals surface area contributed by atoms with E-state index in [0.717, 1.165) is 43.4 Å².